The van der Waals surface area contributed by atoms with Crippen LogP contribution in [-0.4, -0.2) is 5.11 Å². The highest BCUT2D eigenvalue weighted by atomic mass is 35.5. The summed E-state index contributed by atoms with van der Waals surface area (Å²) in [5.41, 5.74) is 0.991. The van der Waals surface area contributed by atoms with E-state index < -0.39 is 0 Å². The Hall–Kier alpha value is -0.960. The Morgan fingerprint density at radius 1 is 0.944 bits per heavy atom. The van der Waals surface area contributed by atoms with Gasteiger partial charge in [-0.15, -0.1) is 12.4 Å². The van der Waals surface area contributed by atoms with Gasteiger partial charge in [-0.05, 0) is 36.2 Å². The first-order chi connectivity index (χ1) is 8.29. The van der Waals surface area contributed by atoms with Crippen LogP contribution in [0.5, 0.6) is 0 Å². The van der Waals surface area contributed by atoms with E-state index in [4.69, 9.17) is 0 Å². The molecule has 0 radical (unpaired) electrons. The van der Waals surface area contributed by atoms with Gasteiger partial charge in [0.15, 0.2) is 0 Å². The molecular formula is C15H17ClOS. The SMILES string of the molecule is CCC(O)c1ccc(Sc2ccccc2)cc1.Cl. The summed E-state index contributed by atoms with van der Waals surface area (Å²) in [7, 11) is 0. The second kappa shape index (κ2) is 7.47. The lowest BCUT2D eigenvalue weighted by atomic mass is 10.1. The molecule has 1 N–H and O–H groups in total. The van der Waals surface area contributed by atoms with Gasteiger partial charge in [0.2, 0.25) is 0 Å². The molecule has 0 saturated carbocycles. The minimum absolute atomic E-state index is 0. The third kappa shape index (κ3) is 4.05. The maximum atomic E-state index is 9.70. The van der Waals surface area contributed by atoms with Gasteiger partial charge in [-0.3, -0.25) is 0 Å². The van der Waals surface area contributed by atoms with Crippen LogP contribution in [0, 0.1) is 0 Å². The number of hydrogen-bond acceptors (Lipinski definition) is 2. The Morgan fingerprint density at radius 3 is 2.06 bits per heavy atom. The topological polar surface area (TPSA) is 20.2 Å². The largest absolute Gasteiger partial charge is 0.388 e. The van der Waals surface area contributed by atoms with E-state index in [1.807, 2.05) is 37.3 Å². The minimum atomic E-state index is -0.342. The van der Waals surface area contributed by atoms with Gasteiger partial charge in [0, 0.05) is 9.79 Å². The van der Waals surface area contributed by atoms with E-state index in [0.29, 0.717) is 0 Å². The molecule has 18 heavy (non-hydrogen) atoms. The molecule has 0 saturated heterocycles. The third-order valence-corrected chi connectivity index (χ3v) is 3.65. The van der Waals surface area contributed by atoms with Crippen molar-refractivity contribution >= 4 is 24.2 Å². The molecule has 0 aromatic heterocycles. The summed E-state index contributed by atoms with van der Waals surface area (Å²) in [6, 6.07) is 18.4. The average Bonchev–Trinajstić information content (AvgIpc) is 2.40. The summed E-state index contributed by atoms with van der Waals surface area (Å²) in [6.45, 7) is 1.98. The molecule has 0 aliphatic rings. The van der Waals surface area contributed by atoms with E-state index in [2.05, 4.69) is 24.3 Å². The van der Waals surface area contributed by atoms with E-state index in [9.17, 15) is 5.11 Å². The number of halogens is 1. The van der Waals surface area contributed by atoms with E-state index in [-0.39, 0.29) is 18.5 Å². The molecule has 2 aromatic carbocycles. The number of aliphatic hydroxyl groups is 1. The monoisotopic (exact) mass is 280 g/mol. The van der Waals surface area contributed by atoms with Crippen molar-refractivity contribution in [1.29, 1.82) is 0 Å². The van der Waals surface area contributed by atoms with Crippen molar-refractivity contribution in [3.05, 3.63) is 60.2 Å². The van der Waals surface area contributed by atoms with Gasteiger partial charge in [-0.2, -0.15) is 0 Å². The maximum absolute atomic E-state index is 9.70. The van der Waals surface area contributed by atoms with Crippen LogP contribution < -0.4 is 0 Å². The first-order valence-corrected chi connectivity index (χ1v) is 6.62. The second-order valence-corrected chi connectivity index (χ2v) is 5.06. The van der Waals surface area contributed by atoms with Crippen LogP contribution in [0.3, 0.4) is 0 Å². The molecule has 0 fully saturated rings. The molecule has 0 spiro atoms. The first-order valence-electron chi connectivity index (χ1n) is 5.80. The predicted octanol–water partition coefficient (Wildman–Crippen LogP) is 4.70. The summed E-state index contributed by atoms with van der Waals surface area (Å²) < 4.78 is 0. The van der Waals surface area contributed by atoms with Gasteiger partial charge >= 0.3 is 0 Å². The van der Waals surface area contributed by atoms with Crippen molar-refractivity contribution < 1.29 is 5.11 Å². The third-order valence-electron chi connectivity index (χ3n) is 2.63. The molecule has 96 valence electrons. The summed E-state index contributed by atoms with van der Waals surface area (Å²) in [5.74, 6) is 0. The van der Waals surface area contributed by atoms with Crippen LogP contribution in [0.25, 0.3) is 0 Å². The van der Waals surface area contributed by atoms with Crippen LogP contribution in [0.4, 0.5) is 0 Å². The average molecular weight is 281 g/mol. The fraction of sp³-hybridized carbons (Fsp3) is 0.200. The Kier molecular flexibility index (Phi) is 6.27. The van der Waals surface area contributed by atoms with Crippen LogP contribution >= 0.6 is 24.2 Å². The van der Waals surface area contributed by atoms with Crippen LogP contribution in [0.15, 0.2) is 64.4 Å². The molecule has 0 amide bonds. The molecule has 1 nitrogen and oxygen atoms in total. The predicted molar refractivity (Wildman–Crippen MR) is 79.5 cm³/mol. The van der Waals surface area contributed by atoms with Crippen molar-refractivity contribution in [2.75, 3.05) is 0 Å². The molecule has 1 unspecified atom stereocenters. The Bertz CT molecular complexity index is 456. The number of benzene rings is 2. The fourth-order valence-corrected chi connectivity index (χ4v) is 2.46. The zero-order chi connectivity index (χ0) is 12.1. The maximum Gasteiger partial charge on any atom is 0.0787 e. The second-order valence-electron chi connectivity index (χ2n) is 3.91. The first kappa shape index (κ1) is 15.1. The lowest BCUT2D eigenvalue weighted by molar-refractivity contribution is 0.173. The van der Waals surface area contributed by atoms with Crippen LogP contribution in [0.1, 0.15) is 25.0 Å². The summed E-state index contributed by atoms with van der Waals surface area (Å²) in [5, 5.41) is 9.70. The van der Waals surface area contributed by atoms with E-state index in [1.165, 1.54) is 9.79 Å². The molecular weight excluding hydrogens is 264 g/mol. The summed E-state index contributed by atoms with van der Waals surface area (Å²) in [4.78, 5) is 2.43. The summed E-state index contributed by atoms with van der Waals surface area (Å²) >= 11 is 1.73. The summed E-state index contributed by atoms with van der Waals surface area (Å²) in [6.07, 6.45) is 0.413. The number of aliphatic hydroxyl groups excluding tert-OH is 1. The van der Waals surface area contributed by atoms with Gasteiger partial charge < -0.3 is 5.11 Å². The zero-order valence-corrected chi connectivity index (χ0v) is 11.9. The van der Waals surface area contributed by atoms with Gasteiger partial charge in [0.05, 0.1) is 6.10 Å². The Labute approximate surface area is 119 Å². The molecule has 0 aliphatic carbocycles. The highest BCUT2D eigenvalue weighted by molar-refractivity contribution is 7.99. The molecule has 2 rings (SSSR count). The Balaban J connectivity index is 0.00000162. The molecule has 0 bridgehead atoms. The molecule has 1 atom stereocenters. The standard InChI is InChI=1S/C15H16OS.ClH/c1-2-15(16)12-8-10-14(11-9-12)17-13-6-4-3-5-7-13;/h3-11,15-16H,2H2,1H3;1H. The highest BCUT2D eigenvalue weighted by Gasteiger charge is 2.04. The molecule has 0 heterocycles. The van der Waals surface area contributed by atoms with Crippen molar-refractivity contribution in [2.24, 2.45) is 0 Å². The molecule has 3 heteroatoms. The van der Waals surface area contributed by atoms with Crippen molar-refractivity contribution in [1.82, 2.24) is 0 Å². The molecule has 0 aliphatic heterocycles. The Morgan fingerprint density at radius 2 is 1.50 bits per heavy atom. The van der Waals surface area contributed by atoms with Crippen molar-refractivity contribution in [3.8, 4) is 0 Å². The van der Waals surface area contributed by atoms with Gasteiger partial charge in [0.25, 0.3) is 0 Å². The number of rotatable bonds is 4. The zero-order valence-electron chi connectivity index (χ0n) is 10.2. The van der Waals surface area contributed by atoms with Crippen LogP contribution in [-0.2, 0) is 0 Å². The lowest BCUT2D eigenvalue weighted by Crippen LogP contribution is -1.93. The van der Waals surface area contributed by atoms with Crippen LogP contribution in [0.2, 0.25) is 0 Å². The van der Waals surface area contributed by atoms with Crippen molar-refractivity contribution in [3.63, 3.8) is 0 Å². The molecule has 2 aromatic rings. The smallest absolute Gasteiger partial charge is 0.0787 e. The quantitative estimate of drug-likeness (QED) is 0.876. The van der Waals surface area contributed by atoms with Gasteiger partial charge in [0.1, 0.15) is 0 Å². The lowest BCUT2D eigenvalue weighted by Gasteiger charge is -2.08. The van der Waals surface area contributed by atoms with Gasteiger partial charge in [-0.25, -0.2) is 0 Å². The van der Waals surface area contributed by atoms with E-state index in [1.54, 1.807) is 11.8 Å². The highest BCUT2D eigenvalue weighted by Crippen LogP contribution is 2.28. The van der Waals surface area contributed by atoms with Crippen molar-refractivity contribution in [2.45, 2.75) is 29.2 Å². The normalized spacial score (nSPS) is 11.7. The van der Waals surface area contributed by atoms with E-state index in [0.717, 1.165) is 12.0 Å². The van der Waals surface area contributed by atoms with Gasteiger partial charge in [-0.1, -0.05) is 49.0 Å². The van der Waals surface area contributed by atoms with E-state index >= 15 is 0 Å². The number of hydrogen-bond donors (Lipinski definition) is 1. The minimum Gasteiger partial charge on any atom is -0.388 e. The fourth-order valence-electron chi connectivity index (χ4n) is 1.62.